The van der Waals surface area contributed by atoms with Crippen molar-refractivity contribution in [2.24, 2.45) is 0 Å². The summed E-state index contributed by atoms with van der Waals surface area (Å²) in [5, 5.41) is 3.12. The SMILES string of the molecule is C=C(C)CN1CCC(NC(=O)N2CCN(c3cccc(C(F)(F)F)c3)CC2)CC1. The molecule has 0 unspecified atom stereocenters. The first kappa shape index (κ1) is 21.5. The van der Waals surface area contributed by atoms with Crippen LogP contribution in [-0.2, 0) is 6.18 Å². The van der Waals surface area contributed by atoms with Crippen LogP contribution in [0.15, 0.2) is 36.4 Å². The van der Waals surface area contributed by atoms with Crippen LogP contribution in [0.25, 0.3) is 0 Å². The molecule has 160 valence electrons. The fourth-order valence-electron chi connectivity index (χ4n) is 3.93. The van der Waals surface area contributed by atoms with E-state index in [0.717, 1.165) is 44.1 Å². The zero-order valence-corrected chi connectivity index (χ0v) is 16.8. The van der Waals surface area contributed by atoms with Gasteiger partial charge in [-0.05, 0) is 38.0 Å². The summed E-state index contributed by atoms with van der Waals surface area (Å²) in [5.41, 5.74) is 1.05. The zero-order valence-electron chi connectivity index (χ0n) is 16.8. The molecule has 0 aliphatic carbocycles. The van der Waals surface area contributed by atoms with Gasteiger partial charge in [-0.25, -0.2) is 4.79 Å². The van der Waals surface area contributed by atoms with E-state index < -0.39 is 11.7 Å². The number of amides is 2. The molecule has 5 nitrogen and oxygen atoms in total. The van der Waals surface area contributed by atoms with E-state index in [-0.39, 0.29) is 12.1 Å². The maximum Gasteiger partial charge on any atom is 0.416 e. The molecule has 1 aromatic carbocycles. The van der Waals surface area contributed by atoms with E-state index in [4.69, 9.17) is 0 Å². The number of nitrogens with one attached hydrogen (secondary N) is 1. The number of benzene rings is 1. The molecule has 1 aromatic rings. The van der Waals surface area contributed by atoms with Gasteiger partial charge in [0, 0.05) is 57.5 Å². The number of carbonyl (C=O) groups is 1. The minimum atomic E-state index is -4.35. The molecular weight excluding hydrogens is 381 g/mol. The Morgan fingerprint density at radius 2 is 1.79 bits per heavy atom. The van der Waals surface area contributed by atoms with Gasteiger partial charge in [0.2, 0.25) is 0 Å². The van der Waals surface area contributed by atoms with E-state index in [2.05, 4.69) is 16.8 Å². The van der Waals surface area contributed by atoms with Crippen LogP contribution in [-0.4, -0.2) is 67.7 Å². The van der Waals surface area contributed by atoms with Crippen molar-refractivity contribution in [3.8, 4) is 0 Å². The molecule has 2 heterocycles. The predicted molar refractivity (Wildman–Crippen MR) is 108 cm³/mol. The smallest absolute Gasteiger partial charge is 0.368 e. The molecule has 1 N–H and O–H groups in total. The number of carbonyl (C=O) groups excluding carboxylic acids is 1. The van der Waals surface area contributed by atoms with Crippen molar-refractivity contribution in [1.82, 2.24) is 15.1 Å². The van der Waals surface area contributed by atoms with Crippen molar-refractivity contribution >= 4 is 11.7 Å². The quantitative estimate of drug-likeness (QED) is 0.772. The molecule has 0 spiro atoms. The average Bonchev–Trinajstić information content (AvgIpc) is 2.69. The molecule has 29 heavy (non-hydrogen) atoms. The monoisotopic (exact) mass is 410 g/mol. The second-order valence-corrected chi connectivity index (χ2v) is 7.98. The number of rotatable bonds is 4. The Bertz CT molecular complexity index is 721. The maximum atomic E-state index is 12.9. The molecule has 2 fully saturated rings. The Kier molecular flexibility index (Phi) is 6.72. The molecule has 0 atom stereocenters. The third-order valence-electron chi connectivity index (χ3n) is 5.51. The molecule has 2 amide bonds. The summed E-state index contributed by atoms with van der Waals surface area (Å²) in [6, 6.07) is 5.46. The highest BCUT2D eigenvalue weighted by atomic mass is 19.4. The van der Waals surface area contributed by atoms with Crippen molar-refractivity contribution < 1.29 is 18.0 Å². The highest BCUT2D eigenvalue weighted by molar-refractivity contribution is 5.75. The number of anilines is 1. The number of alkyl halides is 3. The molecule has 0 radical (unpaired) electrons. The van der Waals surface area contributed by atoms with Crippen LogP contribution in [0, 0.1) is 0 Å². The summed E-state index contributed by atoms with van der Waals surface area (Å²) in [5.74, 6) is 0. The topological polar surface area (TPSA) is 38.8 Å². The maximum absolute atomic E-state index is 12.9. The van der Waals surface area contributed by atoms with Crippen LogP contribution in [0.3, 0.4) is 0 Å². The van der Waals surface area contributed by atoms with E-state index in [1.807, 2.05) is 11.8 Å². The highest BCUT2D eigenvalue weighted by Gasteiger charge is 2.31. The second kappa shape index (κ2) is 9.07. The van der Waals surface area contributed by atoms with E-state index in [9.17, 15) is 18.0 Å². The summed E-state index contributed by atoms with van der Waals surface area (Å²) in [7, 11) is 0. The molecule has 0 aromatic heterocycles. The molecule has 8 heteroatoms. The lowest BCUT2D eigenvalue weighted by atomic mass is 10.0. The minimum Gasteiger partial charge on any atom is -0.368 e. The van der Waals surface area contributed by atoms with Crippen molar-refractivity contribution in [2.45, 2.75) is 32.0 Å². The Balaban J connectivity index is 1.46. The normalized spacial score (nSPS) is 19.3. The number of urea groups is 1. The largest absolute Gasteiger partial charge is 0.416 e. The van der Waals surface area contributed by atoms with Gasteiger partial charge >= 0.3 is 12.2 Å². The number of hydrogen-bond acceptors (Lipinski definition) is 3. The van der Waals surface area contributed by atoms with E-state index in [1.54, 1.807) is 11.0 Å². The fraction of sp³-hybridized carbons (Fsp3) is 0.571. The van der Waals surface area contributed by atoms with Crippen molar-refractivity contribution in [1.29, 1.82) is 0 Å². The fourth-order valence-corrected chi connectivity index (χ4v) is 3.93. The lowest BCUT2D eigenvalue weighted by molar-refractivity contribution is -0.137. The van der Waals surface area contributed by atoms with E-state index in [0.29, 0.717) is 31.9 Å². The van der Waals surface area contributed by atoms with Gasteiger partial charge in [0.1, 0.15) is 0 Å². The highest BCUT2D eigenvalue weighted by Crippen LogP contribution is 2.31. The summed E-state index contributed by atoms with van der Waals surface area (Å²) < 4.78 is 38.8. The summed E-state index contributed by atoms with van der Waals surface area (Å²) in [6.07, 6.45) is -2.51. The standard InChI is InChI=1S/C21H29F3N4O/c1-16(2)15-26-8-6-18(7-9-26)25-20(29)28-12-10-27(11-13-28)19-5-3-4-17(14-19)21(22,23)24/h3-5,14,18H,1,6-13,15H2,2H3,(H,25,29). The Labute approximate surface area is 170 Å². The number of hydrogen-bond donors (Lipinski definition) is 1. The lowest BCUT2D eigenvalue weighted by Gasteiger charge is -2.38. The number of piperazine rings is 1. The van der Waals surface area contributed by atoms with Gasteiger partial charge in [-0.15, -0.1) is 0 Å². The molecule has 0 bridgehead atoms. The van der Waals surface area contributed by atoms with Crippen LogP contribution < -0.4 is 10.2 Å². The van der Waals surface area contributed by atoms with Gasteiger partial charge in [0.05, 0.1) is 5.56 Å². The molecule has 3 rings (SSSR count). The summed E-state index contributed by atoms with van der Waals surface area (Å²) >= 11 is 0. The van der Waals surface area contributed by atoms with Gasteiger partial charge in [0.25, 0.3) is 0 Å². The molecule has 0 saturated carbocycles. The molecule has 2 aliphatic rings. The third-order valence-corrected chi connectivity index (χ3v) is 5.51. The van der Waals surface area contributed by atoms with Crippen molar-refractivity contribution in [2.75, 3.05) is 50.7 Å². The lowest BCUT2D eigenvalue weighted by Crippen LogP contribution is -2.55. The van der Waals surface area contributed by atoms with Crippen molar-refractivity contribution in [3.63, 3.8) is 0 Å². The third kappa shape index (κ3) is 5.88. The minimum absolute atomic E-state index is 0.0768. The van der Waals surface area contributed by atoms with Gasteiger partial charge in [-0.2, -0.15) is 13.2 Å². The molecule has 2 saturated heterocycles. The van der Waals surface area contributed by atoms with E-state index >= 15 is 0 Å². The van der Waals surface area contributed by atoms with Crippen LogP contribution >= 0.6 is 0 Å². The molecular formula is C21H29F3N4O. The van der Waals surface area contributed by atoms with Gasteiger partial charge in [0.15, 0.2) is 0 Å². The number of halogens is 3. The number of likely N-dealkylation sites (tertiary alicyclic amines) is 1. The average molecular weight is 410 g/mol. The second-order valence-electron chi connectivity index (χ2n) is 7.98. The number of nitrogens with zero attached hydrogens (tertiary/aromatic N) is 3. The Morgan fingerprint density at radius 3 is 2.38 bits per heavy atom. The first-order valence-corrected chi connectivity index (χ1v) is 10.1. The predicted octanol–water partition coefficient (Wildman–Crippen LogP) is 3.58. The molecule has 2 aliphatic heterocycles. The zero-order chi connectivity index (χ0) is 21.0. The van der Waals surface area contributed by atoms with Gasteiger partial charge in [-0.3, -0.25) is 4.90 Å². The van der Waals surface area contributed by atoms with Crippen LogP contribution in [0.4, 0.5) is 23.7 Å². The van der Waals surface area contributed by atoms with E-state index in [1.165, 1.54) is 12.1 Å². The summed E-state index contributed by atoms with van der Waals surface area (Å²) in [4.78, 5) is 18.6. The Hall–Kier alpha value is -2.22. The van der Waals surface area contributed by atoms with Crippen LogP contribution in [0.2, 0.25) is 0 Å². The number of piperidine rings is 1. The van der Waals surface area contributed by atoms with Gasteiger partial charge in [-0.1, -0.05) is 18.2 Å². The van der Waals surface area contributed by atoms with Crippen LogP contribution in [0.5, 0.6) is 0 Å². The summed E-state index contributed by atoms with van der Waals surface area (Å²) in [6.45, 7) is 10.8. The Morgan fingerprint density at radius 1 is 1.14 bits per heavy atom. The van der Waals surface area contributed by atoms with Crippen molar-refractivity contribution in [3.05, 3.63) is 42.0 Å². The first-order chi connectivity index (χ1) is 13.7. The van der Waals surface area contributed by atoms with Gasteiger partial charge < -0.3 is 15.1 Å². The first-order valence-electron chi connectivity index (χ1n) is 10.1. The van der Waals surface area contributed by atoms with Crippen LogP contribution in [0.1, 0.15) is 25.3 Å².